The zero-order chi connectivity index (χ0) is 37.0. The first-order valence-electron chi connectivity index (χ1n) is 18.8. The molecule has 0 bridgehead atoms. The Morgan fingerprint density at radius 2 is 0.893 bits per heavy atom. The van der Waals surface area contributed by atoms with E-state index in [9.17, 15) is 0 Å². The fourth-order valence-electron chi connectivity index (χ4n) is 7.95. The van der Waals surface area contributed by atoms with Crippen molar-refractivity contribution in [1.82, 2.24) is 19.5 Å². The van der Waals surface area contributed by atoms with E-state index in [1.54, 1.807) is 0 Å². The van der Waals surface area contributed by atoms with Gasteiger partial charge in [0.25, 0.3) is 0 Å². The number of benzene rings is 8. The molecule has 0 aliphatic heterocycles. The lowest BCUT2D eigenvalue weighted by atomic mass is 10.0. The van der Waals surface area contributed by atoms with Gasteiger partial charge in [0.05, 0.1) is 16.6 Å². The van der Waals surface area contributed by atoms with Crippen LogP contribution in [0.2, 0.25) is 0 Å². The summed E-state index contributed by atoms with van der Waals surface area (Å²) >= 11 is 0. The molecular formula is C51H32N4O. The first-order chi connectivity index (χ1) is 27.7. The number of hydrogen-bond acceptors (Lipinski definition) is 4. The van der Waals surface area contributed by atoms with E-state index in [1.165, 1.54) is 33.0 Å². The molecule has 0 N–H and O–H groups in total. The molecule has 0 fully saturated rings. The predicted octanol–water partition coefficient (Wildman–Crippen LogP) is 13.2. The molecule has 8 aromatic carbocycles. The Labute approximate surface area is 322 Å². The second-order valence-corrected chi connectivity index (χ2v) is 14.0. The summed E-state index contributed by atoms with van der Waals surface area (Å²) in [5.41, 5.74) is 12.2. The molecule has 0 amide bonds. The number of para-hydroxylation sites is 1. The van der Waals surface area contributed by atoms with Gasteiger partial charge < -0.3 is 8.98 Å². The summed E-state index contributed by atoms with van der Waals surface area (Å²) in [4.78, 5) is 14.9. The van der Waals surface area contributed by atoms with E-state index < -0.39 is 0 Å². The third-order valence-electron chi connectivity index (χ3n) is 10.7. The highest BCUT2D eigenvalue weighted by Gasteiger charge is 2.20. The van der Waals surface area contributed by atoms with Gasteiger partial charge in [0.1, 0.15) is 11.2 Å². The summed E-state index contributed by atoms with van der Waals surface area (Å²) in [6.45, 7) is 0. The van der Waals surface area contributed by atoms with Crippen molar-refractivity contribution in [3.05, 3.63) is 194 Å². The quantitative estimate of drug-likeness (QED) is 0.172. The third-order valence-corrected chi connectivity index (χ3v) is 10.7. The molecule has 5 heteroatoms. The zero-order valence-corrected chi connectivity index (χ0v) is 30.2. The number of furan rings is 1. The Morgan fingerprint density at radius 3 is 1.54 bits per heavy atom. The molecule has 0 saturated heterocycles. The second kappa shape index (κ2) is 13.0. The SMILES string of the molecule is c1ccc(-c2ccc3c(c2)c2ccc(-c4ccccc4)cc2n3-c2ccc3c(c2)oc2c(-c4nc(-c5ccccc5)nc(-c5ccccc5)n4)cccc23)cc1. The summed E-state index contributed by atoms with van der Waals surface area (Å²) in [6.07, 6.45) is 0. The minimum atomic E-state index is 0.563. The topological polar surface area (TPSA) is 56.7 Å². The lowest BCUT2D eigenvalue weighted by Gasteiger charge is -2.09. The van der Waals surface area contributed by atoms with Crippen LogP contribution in [0, 0.1) is 0 Å². The highest BCUT2D eigenvalue weighted by molar-refractivity contribution is 6.13. The van der Waals surface area contributed by atoms with Gasteiger partial charge in [-0.2, -0.15) is 0 Å². The zero-order valence-electron chi connectivity index (χ0n) is 30.2. The van der Waals surface area contributed by atoms with Crippen LogP contribution in [0.4, 0.5) is 0 Å². The van der Waals surface area contributed by atoms with Crippen LogP contribution >= 0.6 is 0 Å². The molecular weight excluding hydrogens is 685 g/mol. The van der Waals surface area contributed by atoms with Crippen LogP contribution in [0.25, 0.3) is 106 Å². The maximum absolute atomic E-state index is 6.85. The van der Waals surface area contributed by atoms with Gasteiger partial charge in [-0.15, -0.1) is 0 Å². The van der Waals surface area contributed by atoms with Crippen molar-refractivity contribution in [2.75, 3.05) is 0 Å². The fourth-order valence-corrected chi connectivity index (χ4v) is 7.95. The summed E-state index contributed by atoms with van der Waals surface area (Å²) in [5.74, 6) is 1.79. The number of hydrogen-bond donors (Lipinski definition) is 0. The number of aromatic nitrogens is 4. The van der Waals surface area contributed by atoms with E-state index in [0.717, 1.165) is 55.3 Å². The van der Waals surface area contributed by atoms with Crippen LogP contribution in [0.3, 0.4) is 0 Å². The van der Waals surface area contributed by atoms with Crippen molar-refractivity contribution in [3.63, 3.8) is 0 Å². The normalized spacial score (nSPS) is 11.6. The summed E-state index contributed by atoms with van der Waals surface area (Å²) < 4.78 is 9.21. The Kier molecular flexibility index (Phi) is 7.42. The predicted molar refractivity (Wildman–Crippen MR) is 229 cm³/mol. The smallest absolute Gasteiger partial charge is 0.167 e. The Bertz CT molecular complexity index is 3170. The molecule has 11 aromatic rings. The molecule has 0 aliphatic rings. The maximum Gasteiger partial charge on any atom is 0.167 e. The van der Waals surface area contributed by atoms with E-state index in [2.05, 4.69) is 132 Å². The van der Waals surface area contributed by atoms with Crippen LogP contribution in [0.5, 0.6) is 0 Å². The molecule has 262 valence electrons. The van der Waals surface area contributed by atoms with Crippen molar-refractivity contribution in [2.45, 2.75) is 0 Å². The molecule has 0 atom stereocenters. The van der Waals surface area contributed by atoms with Gasteiger partial charge >= 0.3 is 0 Å². The Hall–Kier alpha value is -7.63. The van der Waals surface area contributed by atoms with Gasteiger partial charge in [-0.1, -0.05) is 152 Å². The first-order valence-corrected chi connectivity index (χ1v) is 18.8. The van der Waals surface area contributed by atoms with Crippen LogP contribution < -0.4 is 0 Å². The first kappa shape index (κ1) is 31.9. The van der Waals surface area contributed by atoms with Crippen LogP contribution in [-0.4, -0.2) is 19.5 Å². The minimum absolute atomic E-state index is 0.563. The molecule has 3 heterocycles. The van der Waals surface area contributed by atoms with E-state index in [1.807, 2.05) is 66.7 Å². The van der Waals surface area contributed by atoms with Crippen molar-refractivity contribution >= 4 is 43.7 Å². The molecule has 0 spiro atoms. The molecule has 0 aliphatic carbocycles. The molecule has 3 aromatic heterocycles. The lowest BCUT2D eigenvalue weighted by molar-refractivity contribution is 0.669. The molecule has 56 heavy (non-hydrogen) atoms. The van der Waals surface area contributed by atoms with Gasteiger partial charge in [-0.3, -0.25) is 0 Å². The number of rotatable bonds is 6. The number of nitrogens with zero attached hydrogens (tertiary/aromatic N) is 4. The Morgan fingerprint density at radius 1 is 0.339 bits per heavy atom. The molecule has 11 rings (SSSR count). The second-order valence-electron chi connectivity index (χ2n) is 14.0. The lowest BCUT2D eigenvalue weighted by Crippen LogP contribution is -2.00. The van der Waals surface area contributed by atoms with Crippen molar-refractivity contribution in [3.8, 4) is 62.1 Å². The van der Waals surface area contributed by atoms with Crippen molar-refractivity contribution in [2.24, 2.45) is 0 Å². The molecule has 5 nitrogen and oxygen atoms in total. The van der Waals surface area contributed by atoms with Crippen molar-refractivity contribution < 1.29 is 4.42 Å². The molecule has 0 saturated carbocycles. The van der Waals surface area contributed by atoms with E-state index >= 15 is 0 Å². The summed E-state index contributed by atoms with van der Waals surface area (Å²) in [6, 6.07) is 67.6. The fraction of sp³-hybridized carbons (Fsp3) is 0. The largest absolute Gasteiger partial charge is 0.455 e. The minimum Gasteiger partial charge on any atom is -0.455 e. The third kappa shape index (κ3) is 5.37. The highest BCUT2D eigenvalue weighted by Crippen LogP contribution is 2.40. The summed E-state index contributed by atoms with van der Waals surface area (Å²) in [5, 5.41) is 4.44. The standard InChI is InChI=1S/C51H32N4O/c1-5-14-33(15-6-1)37-25-29-45-44(30-37)40-27-24-38(34-16-7-2-8-17-34)31-46(40)55(45)39-26-28-41-42-22-13-23-43(48(42)56-47(41)32-39)51-53-49(35-18-9-3-10-19-35)52-50(54-51)36-20-11-4-12-21-36/h1-32H. The van der Waals surface area contributed by atoms with Gasteiger partial charge in [-0.05, 0) is 58.7 Å². The van der Waals surface area contributed by atoms with Gasteiger partial charge in [-0.25, -0.2) is 15.0 Å². The highest BCUT2D eigenvalue weighted by atomic mass is 16.3. The maximum atomic E-state index is 6.85. The number of fused-ring (bicyclic) bond motifs is 6. The van der Waals surface area contributed by atoms with E-state index in [0.29, 0.717) is 17.5 Å². The van der Waals surface area contributed by atoms with E-state index in [-0.39, 0.29) is 0 Å². The Balaban J connectivity index is 1.11. The van der Waals surface area contributed by atoms with Gasteiger partial charge in [0.2, 0.25) is 0 Å². The average Bonchev–Trinajstić information content (AvgIpc) is 3.82. The monoisotopic (exact) mass is 716 g/mol. The summed E-state index contributed by atoms with van der Waals surface area (Å²) in [7, 11) is 0. The van der Waals surface area contributed by atoms with Crippen molar-refractivity contribution in [1.29, 1.82) is 0 Å². The average molecular weight is 717 g/mol. The van der Waals surface area contributed by atoms with Crippen LogP contribution in [0.15, 0.2) is 199 Å². The van der Waals surface area contributed by atoms with Gasteiger partial charge in [0.15, 0.2) is 17.5 Å². The van der Waals surface area contributed by atoms with Crippen LogP contribution in [-0.2, 0) is 0 Å². The molecule has 0 unspecified atom stereocenters. The molecule has 0 radical (unpaired) electrons. The van der Waals surface area contributed by atoms with Gasteiger partial charge in [0, 0.05) is 44.4 Å². The van der Waals surface area contributed by atoms with E-state index in [4.69, 9.17) is 19.4 Å². The van der Waals surface area contributed by atoms with Crippen LogP contribution in [0.1, 0.15) is 0 Å².